The van der Waals surface area contributed by atoms with E-state index >= 15 is 0 Å². The summed E-state index contributed by atoms with van der Waals surface area (Å²) in [7, 11) is 0. The Balaban J connectivity index is 7.02. The van der Waals surface area contributed by atoms with E-state index in [0.29, 0.717) is 6.42 Å². The first-order valence-electron chi connectivity index (χ1n) is 23.0. The molecule has 0 aliphatic rings. The molecule has 0 heterocycles. The van der Waals surface area contributed by atoms with Crippen LogP contribution in [0.1, 0.15) is 105 Å². The third kappa shape index (κ3) is 29.5. The fourth-order valence-electron chi connectivity index (χ4n) is 6.59. The molecule has 0 saturated heterocycles. The summed E-state index contributed by atoms with van der Waals surface area (Å²) in [5, 5.41) is 25.2. The van der Waals surface area contributed by atoms with Gasteiger partial charge in [-0.15, -0.1) is 0 Å². The van der Waals surface area contributed by atoms with Crippen LogP contribution in [0.3, 0.4) is 0 Å². The maximum absolute atomic E-state index is 14.3. The number of aliphatic imine (C=N–C) groups is 4. The zero-order valence-corrected chi connectivity index (χ0v) is 40.8. The van der Waals surface area contributed by atoms with Gasteiger partial charge >= 0.3 is 5.97 Å². The highest BCUT2D eigenvalue weighted by atomic mass is 16.4. The molecule has 7 amide bonds. The summed E-state index contributed by atoms with van der Waals surface area (Å²) in [5.74, 6) is -8.19. The highest BCUT2D eigenvalue weighted by Gasteiger charge is 2.34. The lowest BCUT2D eigenvalue weighted by molar-refractivity contribution is -0.143. The largest absolute Gasteiger partial charge is 0.480 e. The minimum Gasteiger partial charge on any atom is -0.480 e. The molecule has 29 heteroatoms. The quantitative estimate of drug-likeness (QED) is 0.0158. The van der Waals surface area contributed by atoms with Crippen LogP contribution in [0.15, 0.2) is 20.0 Å². The number of aliphatic carboxylic acids is 1. The average Bonchev–Trinajstić information content (AvgIpc) is 3.24. The molecule has 70 heavy (non-hydrogen) atoms. The van der Waals surface area contributed by atoms with Gasteiger partial charge in [0.15, 0.2) is 23.8 Å². The third-order valence-corrected chi connectivity index (χ3v) is 10.0. The van der Waals surface area contributed by atoms with Crippen LogP contribution in [0.25, 0.3) is 0 Å². The molecule has 0 rings (SSSR count). The molecule has 0 radical (unpaired) electrons. The van der Waals surface area contributed by atoms with Crippen molar-refractivity contribution in [2.75, 3.05) is 26.2 Å². The third-order valence-electron chi connectivity index (χ3n) is 10.0. The molecule has 0 aliphatic carbocycles. The predicted molar refractivity (Wildman–Crippen MR) is 264 cm³/mol. The summed E-state index contributed by atoms with van der Waals surface area (Å²) < 4.78 is 0. The number of carboxylic acids is 1. The molecule has 27 N–H and O–H groups in total. The number of carbonyl (C=O) groups is 8. The number of amides is 7. The lowest BCUT2D eigenvalue weighted by Crippen LogP contribution is -2.60. The van der Waals surface area contributed by atoms with E-state index in [9.17, 15) is 43.5 Å². The summed E-state index contributed by atoms with van der Waals surface area (Å²) in [6, 6.07) is -9.28. The van der Waals surface area contributed by atoms with Crippen LogP contribution in [0.5, 0.6) is 0 Å². The van der Waals surface area contributed by atoms with Crippen LogP contribution in [-0.2, 0) is 38.4 Å². The summed E-state index contributed by atoms with van der Waals surface area (Å²) >= 11 is 0. The van der Waals surface area contributed by atoms with Crippen molar-refractivity contribution in [2.24, 2.45) is 89.1 Å². The number of nitrogens with zero attached hydrogens (tertiary/aromatic N) is 4. The maximum Gasteiger partial charge on any atom is 0.326 e. The molecule has 0 aliphatic heterocycles. The van der Waals surface area contributed by atoms with Gasteiger partial charge in [0.2, 0.25) is 41.4 Å². The Hall–Kier alpha value is -7.20. The first-order chi connectivity index (χ1) is 32.7. The van der Waals surface area contributed by atoms with E-state index in [1.807, 2.05) is 13.8 Å². The standard InChI is InChI=1S/C41H80N20O9/c1-21(2)19-23(42)31(63)56-24(9-5-15-52-38(44)45)32(64)60-28(13-14-30(43)62)36(68)59-26(11-7-17-54-40(48)49)34(66)57-25(10-6-16-53-39(46)47)33(65)58-27(12-8-18-55-41(50)51)35(67)61-29(37(69)70)20-22(3)4/h21-29H,5-20,42H2,1-4H3,(H2,43,62)(H,56,63)(H,57,66)(H,58,65)(H,59,68)(H,60,64)(H,61,67)(H,69,70)(H4,44,45,52)(H4,46,47,53)(H4,48,49,54)(H4,50,51,55)/t23-,24-,25-,26-,27-,28-,29-/m0/s1. The number of guanidine groups is 4. The second-order valence-electron chi connectivity index (χ2n) is 17.4. The molecule has 0 bridgehead atoms. The molecule has 0 spiro atoms. The number of hydrogen-bond acceptors (Lipinski definition) is 13. The van der Waals surface area contributed by atoms with Crippen LogP contribution in [0, 0.1) is 11.8 Å². The van der Waals surface area contributed by atoms with Crippen LogP contribution in [0.4, 0.5) is 0 Å². The molecule has 29 nitrogen and oxygen atoms in total. The topological polar surface area (TPSA) is 539 Å². The van der Waals surface area contributed by atoms with Gasteiger partial charge in [0.25, 0.3) is 0 Å². The van der Waals surface area contributed by atoms with Gasteiger partial charge in [0, 0.05) is 32.6 Å². The highest BCUT2D eigenvalue weighted by molar-refractivity contribution is 5.97. The molecule has 7 atom stereocenters. The second kappa shape index (κ2) is 34.1. The summed E-state index contributed by atoms with van der Waals surface area (Å²) in [6.45, 7) is 7.41. The highest BCUT2D eigenvalue weighted by Crippen LogP contribution is 2.11. The van der Waals surface area contributed by atoms with E-state index < -0.39 is 96.0 Å². The Kier molecular flexibility index (Phi) is 30.6. The minimum atomic E-state index is -1.52. The number of nitrogens with one attached hydrogen (secondary N) is 6. The molecule has 0 aromatic rings. The van der Waals surface area contributed by atoms with E-state index in [1.54, 1.807) is 13.8 Å². The van der Waals surface area contributed by atoms with E-state index in [-0.39, 0.29) is 126 Å². The van der Waals surface area contributed by atoms with E-state index in [2.05, 4.69) is 51.9 Å². The molecule has 0 saturated carbocycles. The number of hydrogen-bond donors (Lipinski definition) is 17. The maximum atomic E-state index is 14.3. The fraction of sp³-hybridized carbons (Fsp3) is 0.707. The zero-order valence-electron chi connectivity index (χ0n) is 40.8. The van der Waals surface area contributed by atoms with Gasteiger partial charge in [-0.1, -0.05) is 27.7 Å². The first kappa shape index (κ1) is 62.8. The van der Waals surface area contributed by atoms with Crippen molar-refractivity contribution in [3.63, 3.8) is 0 Å². The van der Waals surface area contributed by atoms with Crippen molar-refractivity contribution in [1.29, 1.82) is 0 Å². The Bertz CT molecular complexity index is 1830. The van der Waals surface area contributed by atoms with Gasteiger partial charge in [-0.25, -0.2) is 4.79 Å². The van der Waals surface area contributed by atoms with Crippen molar-refractivity contribution in [2.45, 2.75) is 147 Å². The van der Waals surface area contributed by atoms with E-state index in [4.69, 9.17) is 57.3 Å². The Labute approximate surface area is 408 Å². The summed E-state index contributed by atoms with van der Waals surface area (Å²) in [4.78, 5) is 123. The monoisotopic (exact) mass is 997 g/mol. The Morgan fingerprint density at radius 1 is 0.400 bits per heavy atom. The van der Waals surface area contributed by atoms with Crippen molar-refractivity contribution in [3.8, 4) is 0 Å². The molecule has 0 aromatic carbocycles. The molecule has 0 aromatic heterocycles. The first-order valence-corrected chi connectivity index (χ1v) is 23.0. The normalized spacial score (nSPS) is 13.9. The van der Waals surface area contributed by atoms with Gasteiger partial charge in [0.05, 0.1) is 6.04 Å². The summed E-state index contributed by atoms with van der Waals surface area (Å²) in [5.41, 5.74) is 55.2. The number of carboxylic acid groups (broad SMARTS) is 1. The van der Waals surface area contributed by atoms with Crippen LogP contribution in [-0.4, -0.2) is 145 Å². The second-order valence-corrected chi connectivity index (χ2v) is 17.4. The molecule has 0 fully saturated rings. The van der Waals surface area contributed by atoms with E-state index in [0.717, 1.165) is 0 Å². The Morgan fingerprint density at radius 2 is 0.657 bits per heavy atom. The van der Waals surface area contributed by atoms with Gasteiger partial charge in [-0.05, 0) is 82.5 Å². The number of nitrogens with two attached hydrogens (primary N) is 10. The van der Waals surface area contributed by atoms with Crippen molar-refractivity contribution < 1.29 is 43.5 Å². The lowest BCUT2D eigenvalue weighted by Gasteiger charge is -2.28. The number of carbonyl (C=O) groups excluding carboxylic acids is 7. The number of primary amides is 1. The van der Waals surface area contributed by atoms with Crippen LogP contribution >= 0.6 is 0 Å². The van der Waals surface area contributed by atoms with Crippen LogP contribution < -0.4 is 89.2 Å². The van der Waals surface area contributed by atoms with Crippen molar-refractivity contribution >= 4 is 71.2 Å². The molecule has 398 valence electrons. The molecular weight excluding hydrogens is 917 g/mol. The predicted octanol–water partition coefficient (Wildman–Crippen LogP) is -6.12. The summed E-state index contributed by atoms with van der Waals surface area (Å²) in [6.07, 6.45) is -0.140. The number of rotatable bonds is 36. The van der Waals surface area contributed by atoms with E-state index in [1.165, 1.54) is 0 Å². The van der Waals surface area contributed by atoms with Crippen LogP contribution in [0.2, 0.25) is 0 Å². The molecule has 0 unspecified atom stereocenters. The average molecular weight is 997 g/mol. The smallest absolute Gasteiger partial charge is 0.326 e. The van der Waals surface area contributed by atoms with Crippen molar-refractivity contribution in [3.05, 3.63) is 0 Å². The van der Waals surface area contributed by atoms with Gasteiger partial charge in [-0.3, -0.25) is 53.5 Å². The Morgan fingerprint density at radius 3 is 0.900 bits per heavy atom. The van der Waals surface area contributed by atoms with Gasteiger partial charge in [-0.2, -0.15) is 0 Å². The SMILES string of the molecule is CC(C)C[C@H](NC(=O)[C@H](CCCN=C(N)N)NC(=O)[C@H](CCCN=C(N)N)NC(=O)[C@H](CCCN=C(N)N)NC(=O)[C@H](CCC(N)=O)NC(=O)[C@H](CCCN=C(N)N)NC(=O)[C@@H](N)CC(C)C)C(=O)O. The lowest BCUT2D eigenvalue weighted by atomic mass is 10.0. The molecular formula is C41H80N20O9. The van der Waals surface area contributed by atoms with Crippen molar-refractivity contribution in [1.82, 2.24) is 31.9 Å². The van der Waals surface area contributed by atoms with Gasteiger partial charge < -0.3 is 94.3 Å². The minimum absolute atomic E-state index is 0.00276. The van der Waals surface area contributed by atoms with Gasteiger partial charge in [0.1, 0.15) is 36.3 Å². The zero-order chi connectivity index (χ0) is 53.5. The fourth-order valence-corrected chi connectivity index (χ4v) is 6.59.